The molecule has 236 valence electrons. The van der Waals surface area contributed by atoms with E-state index in [0.29, 0.717) is 29.5 Å². The van der Waals surface area contributed by atoms with Crippen LogP contribution in [0.1, 0.15) is 55.3 Å². The number of hydrogen-bond donors (Lipinski definition) is 4. The number of hydrogen-bond acceptors (Lipinski definition) is 8. The number of amides is 2. The van der Waals surface area contributed by atoms with Crippen LogP contribution in [0.25, 0.3) is 0 Å². The molecule has 0 saturated heterocycles. The van der Waals surface area contributed by atoms with Crippen molar-refractivity contribution < 1.29 is 43.8 Å². The molecule has 46 heavy (non-hydrogen) atoms. The molecular formula is C33H29N3O10. The second kappa shape index (κ2) is 14.0. The lowest BCUT2D eigenvalue weighted by Crippen LogP contribution is -2.28. The van der Waals surface area contributed by atoms with Gasteiger partial charge in [0, 0.05) is 28.9 Å². The van der Waals surface area contributed by atoms with E-state index in [9.17, 15) is 39.5 Å². The molecular weight excluding hydrogens is 598 g/mol. The van der Waals surface area contributed by atoms with Crippen molar-refractivity contribution in [2.75, 3.05) is 23.8 Å². The van der Waals surface area contributed by atoms with Crippen LogP contribution in [-0.2, 0) is 0 Å². The van der Waals surface area contributed by atoms with Gasteiger partial charge in [-0.25, -0.2) is 9.59 Å². The summed E-state index contributed by atoms with van der Waals surface area (Å²) < 4.78 is 11.8. The van der Waals surface area contributed by atoms with Gasteiger partial charge in [-0.2, -0.15) is 0 Å². The summed E-state index contributed by atoms with van der Waals surface area (Å²) >= 11 is 0. The number of carbonyl (C=O) groups excluding carboxylic acids is 2. The van der Waals surface area contributed by atoms with E-state index < -0.39 is 45.3 Å². The van der Waals surface area contributed by atoms with Gasteiger partial charge in [-0.05, 0) is 66.7 Å². The van der Waals surface area contributed by atoms with Crippen molar-refractivity contribution in [2.24, 2.45) is 5.41 Å². The first-order valence-corrected chi connectivity index (χ1v) is 13.8. The molecule has 0 aliphatic rings. The van der Waals surface area contributed by atoms with Gasteiger partial charge in [0.05, 0.1) is 40.4 Å². The number of rotatable bonds is 13. The molecule has 4 N–H and O–H groups in total. The number of anilines is 2. The average Bonchev–Trinajstić information content (AvgIpc) is 3.03. The molecule has 13 heteroatoms. The van der Waals surface area contributed by atoms with Crippen LogP contribution in [0.2, 0.25) is 0 Å². The van der Waals surface area contributed by atoms with Crippen molar-refractivity contribution in [3.05, 3.63) is 123 Å². The number of carboxylic acid groups (broad SMARTS) is 2. The minimum Gasteiger partial charge on any atom is -0.493 e. The van der Waals surface area contributed by atoms with E-state index in [0.717, 1.165) is 18.2 Å². The first-order valence-electron chi connectivity index (χ1n) is 13.8. The van der Waals surface area contributed by atoms with Crippen molar-refractivity contribution in [1.82, 2.24) is 0 Å². The van der Waals surface area contributed by atoms with Gasteiger partial charge >= 0.3 is 11.9 Å². The zero-order chi connectivity index (χ0) is 33.4. The smallest absolute Gasteiger partial charge is 0.336 e. The van der Waals surface area contributed by atoms with Crippen molar-refractivity contribution in [3.63, 3.8) is 0 Å². The molecule has 0 atom stereocenters. The lowest BCUT2D eigenvalue weighted by Gasteiger charge is -2.25. The Kier molecular flexibility index (Phi) is 9.96. The Hall–Kier alpha value is -6.24. The molecule has 0 unspecified atom stereocenters. The third-order valence-electron chi connectivity index (χ3n) is 6.57. The molecule has 0 aliphatic carbocycles. The van der Waals surface area contributed by atoms with Crippen LogP contribution in [0, 0.1) is 15.5 Å². The third-order valence-corrected chi connectivity index (χ3v) is 6.57. The quantitative estimate of drug-likeness (QED) is 0.101. The molecule has 0 aromatic heterocycles. The molecule has 0 aliphatic heterocycles. The highest BCUT2D eigenvalue weighted by Crippen LogP contribution is 2.25. The Balaban J connectivity index is 1.27. The summed E-state index contributed by atoms with van der Waals surface area (Å²) in [6, 6.07) is 22.0. The zero-order valence-electron chi connectivity index (χ0n) is 24.7. The lowest BCUT2D eigenvalue weighted by molar-refractivity contribution is -0.384. The molecule has 4 aromatic carbocycles. The maximum atomic E-state index is 12.7. The maximum absolute atomic E-state index is 12.7. The summed E-state index contributed by atoms with van der Waals surface area (Å²) in [4.78, 5) is 58.4. The first kappa shape index (κ1) is 32.7. The van der Waals surface area contributed by atoms with Crippen LogP contribution < -0.4 is 20.1 Å². The van der Waals surface area contributed by atoms with Gasteiger partial charge in [0.1, 0.15) is 11.5 Å². The Morgan fingerprint density at radius 1 is 0.674 bits per heavy atom. The second-order valence-corrected chi connectivity index (χ2v) is 10.8. The predicted molar refractivity (Wildman–Crippen MR) is 167 cm³/mol. The Morgan fingerprint density at radius 2 is 1.11 bits per heavy atom. The zero-order valence-corrected chi connectivity index (χ0v) is 24.7. The molecule has 0 heterocycles. The molecule has 4 aromatic rings. The predicted octanol–water partition coefficient (Wildman–Crippen LogP) is 5.98. The molecule has 0 spiro atoms. The Bertz CT molecular complexity index is 1780. The molecule has 0 saturated carbocycles. The Morgan fingerprint density at radius 3 is 1.54 bits per heavy atom. The number of benzene rings is 4. The number of non-ortho nitro benzene ring substituents is 1. The molecule has 0 bridgehead atoms. The molecule has 4 rings (SSSR count). The third kappa shape index (κ3) is 8.44. The highest BCUT2D eigenvalue weighted by molar-refractivity contribution is 6.11. The molecule has 0 fully saturated rings. The van der Waals surface area contributed by atoms with E-state index in [1.807, 2.05) is 13.8 Å². The highest BCUT2D eigenvalue weighted by Gasteiger charge is 2.22. The number of carbonyl (C=O) groups is 4. The van der Waals surface area contributed by atoms with Gasteiger partial charge in [0.2, 0.25) is 0 Å². The molecule has 2 amide bonds. The minimum atomic E-state index is -1.47. The summed E-state index contributed by atoms with van der Waals surface area (Å²) in [5.74, 6) is -2.88. The standard InChI is InChI=1S/C33H29N3O10/c1-33(2,18-45-23-12-7-20(8-13-23)34-29(37)25-5-3-4-6-27(25)31(39)40)19-46-24-14-9-21(10-15-24)35-30(38)26-16-11-22(36(43)44)17-28(26)32(41)42/h3-17H,18-19H2,1-2H3,(H,34,37)(H,35,38)(H,39,40)(H,41,42). The Labute approximate surface area is 262 Å². The second-order valence-electron chi connectivity index (χ2n) is 10.8. The van der Waals surface area contributed by atoms with Crippen LogP contribution in [-0.4, -0.2) is 52.1 Å². The SMILES string of the molecule is CC(C)(COc1ccc(NC(=O)c2ccccc2C(=O)O)cc1)COc1ccc(NC(=O)c2ccc([N+](=O)[O-])cc2C(=O)O)cc1. The minimum absolute atomic E-state index is 0.0491. The summed E-state index contributed by atoms with van der Waals surface area (Å²) in [5.41, 5.74) is -0.793. The normalized spacial score (nSPS) is 10.8. The van der Waals surface area contributed by atoms with Gasteiger partial charge < -0.3 is 30.3 Å². The number of ether oxygens (including phenoxy) is 2. The fraction of sp³-hybridized carbons (Fsp3) is 0.152. The monoisotopic (exact) mass is 627 g/mol. The fourth-order valence-corrected chi connectivity index (χ4v) is 4.15. The van der Waals surface area contributed by atoms with Crippen LogP contribution in [0.3, 0.4) is 0 Å². The average molecular weight is 628 g/mol. The van der Waals surface area contributed by atoms with E-state index in [2.05, 4.69) is 10.6 Å². The summed E-state index contributed by atoms with van der Waals surface area (Å²) in [5, 5.41) is 34.9. The largest absolute Gasteiger partial charge is 0.493 e. The van der Waals surface area contributed by atoms with E-state index in [1.165, 1.54) is 12.1 Å². The van der Waals surface area contributed by atoms with E-state index in [-0.39, 0.29) is 23.3 Å². The van der Waals surface area contributed by atoms with Crippen molar-refractivity contribution in [3.8, 4) is 11.5 Å². The van der Waals surface area contributed by atoms with Crippen molar-refractivity contribution in [1.29, 1.82) is 0 Å². The van der Waals surface area contributed by atoms with Gasteiger partial charge in [-0.1, -0.05) is 26.0 Å². The van der Waals surface area contributed by atoms with E-state index in [1.54, 1.807) is 60.7 Å². The topological polar surface area (TPSA) is 194 Å². The number of nitrogens with zero attached hydrogens (tertiary/aromatic N) is 1. The highest BCUT2D eigenvalue weighted by atomic mass is 16.6. The van der Waals surface area contributed by atoms with Crippen LogP contribution in [0.5, 0.6) is 11.5 Å². The van der Waals surface area contributed by atoms with Crippen molar-refractivity contribution in [2.45, 2.75) is 13.8 Å². The summed E-state index contributed by atoms with van der Waals surface area (Å²) in [6.45, 7) is 4.46. The fourth-order valence-electron chi connectivity index (χ4n) is 4.15. The van der Waals surface area contributed by atoms with Crippen LogP contribution >= 0.6 is 0 Å². The summed E-state index contributed by atoms with van der Waals surface area (Å²) in [7, 11) is 0. The lowest BCUT2D eigenvalue weighted by atomic mass is 9.96. The maximum Gasteiger partial charge on any atom is 0.336 e. The number of nitrogens with one attached hydrogen (secondary N) is 2. The number of aromatic carboxylic acids is 2. The van der Waals surface area contributed by atoms with Crippen molar-refractivity contribution >= 4 is 40.8 Å². The van der Waals surface area contributed by atoms with Gasteiger partial charge in [0.15, 0.2) is 0 Å². The summed E-state index contributed by atoms with van der Waals surface area (Å²) in [6.07, 6.45) is 0. The van der Waals surface area contributed by atoms with Gasteiger partial charge in [-0.15, -0.1) is 0 Å². The first-order chi connectivity index (χ1) is 21.8. The molecule has 0 radical (unpaired) electrons. The van der Waals surface area contributed by atoms with E-state index >= 15 is 0 Å². The van der Waals surface area contributed by atoms with Crippen LogP contribution in [0.4, 0.5) is 17.1 Å². The van der Waals surface area contributed by atoms with Gasteiger partial charge in [-0.3, -0.25) is 19.7 Å². The number of nitro benzene ring substituents is 1. The number of carboxylic acids is 2. The van der Waals surface area contributed by atoms with Crippen LogP contribution in [0.15, 0.2) is 91.0 Å². The van der Waals surface area contributed by atoms with E-state index in [4.69, 9.17) is 9.47 Å². The molecule has 13 nitrogen and oxygen atoms in total. The number of nitro groups is 1. The van der Waals surface area contributed by atoms with Gasteiger partial charge in [0.25, 0.3) is 17.5 Å².